The summed E-state index contributed by atoms with van der Waals surface area (Å²) >= 11 is 0. The molecular weight excluding hydrogens is 677 g/mol. The summed E-state index contributed by atoms with van der Waals surface area (Å²) in [4.78, 5) is 10.4. The summed E-state index contributed by atoms with van der Waals surface area (Å²) in [6.45, 7) is 0. The SMILES string of the molecule is c1ccc(-c2ccc(-c3cc(-c4cccc(-c5ccc6c(ccc7nc(-c8ccccc8)cc(-c8ccccc8)c76)c5)c4)cc(-c4ccccc4)n3)cc2)cc1. The third kappa shape index (κ3) is 6.44. The quantitative estimate of drug-likeness (QED) is 0.154. The predicted molar refractivity (Wildman–Crippen MR) is 235 cm³/mol. The van der Waals surface area contributed by atoms with Gasteiger partial charge in [0.05, 0.1) is 22.6 Å². The first-order valence-corrected chi connectivity index (χ1v) is 19.1. The van der Waals surface area contributed by atoms with Gasteiger partial charge in [-0.3, -0.25) is 0 Å². The van der Waals surface area contributed by atoms with Crippen LogP contribution < -0.4 is 0 Å². The van der Waals surface area contributed by atoms with E-state index in [2.05, 4.69) is 206 Å². The molecule has 10 rings (SSSR count). The number of hydrogen-bond acceptors (Lipinski definition) is 2. The van der Waals surface area contributed by atoms with Gasteiger partial charge < -0.3 is 0 Å². The molecule has 0 spiro atoms. The number of fused-ring (bicyclic) bond motifs is 3. The maximum Gasteiger partial charge on any atom is 0.0722 e. The van der Waals surface area contributed by atoms with Crippen molar-refractivity contribution in [2.24, 2.45) is 0 Å². The highest BCUT2D eigenvalue weighted by Crippen LogP contribution is 2.39. The van der Waals surface area contributed by atoms with Crippen LogP contribution in [0.25, 0.3) is 100.0 Å². The van der Waals surface area contributed by atoms with E-state index in [0.717, 1.165) is 56.0 Å². The highest BCUT2D eigenvalue weighted by atomic mass is 14.7. The zero-order chi connectivity index (χ0) is 37.3. The number of aromatic nitrogens is 2. The predicted octanol–water partition coefficient (Wildman–Crippen LogP) is 14.5. The molecule has 0 aliphatic rings. The molecule has 0 saturated carbocycles. The number of rotatable bonds is 7. The van der Waals surface area contributed by atoms with E-state index in [0.29, 0.717) is 0 Å². The van der Waals surface area contributed by atoms with Crippen LogP contribution in [0.3, 0.4) is 0 Å². The summed E-state index contributed by atoms with van der Waals surface area (Å²) in [5, 5.41) is 3.55. The second-order valence-corrected chi connectivity index (χ2v) is 14.2. The van der Waals surface area contributed by atoms with Crippen molar-refractivity contribution >= 4 is 21.7 Å². The number of hydrogen-bond donors (Lipinski definition) is 0. The molecule has 0 amide bonds. The maximum atomic E-state index is 5.19. The van der Waals surface area contributed by atoms with E-state index in [1.165, 1.54) is 44.0 Å². The second-order valence-electron chi connectivity index (χ2n) is 14.2. The molecule has 0 atom stereocenters. The molecule has 2 heteroatoms. The monoisotopic (exact) mass is 712 g/mol. The number of benzene rings is 8. The van der Waals surface area contributed by atoms with Gasteiger partial charge in [0.15, 0.2) is 0 Å². The smallest absolute Gasteiger partial charge is 0.0722 e. The minimum atomic E-state index is 0.946. The summed E-state index contributed by atoms with van der Waals surface area (Å²) in [6.07, 6.45) is 0. The van der Waals surface area contributed by atoms with E-state index < -0.39 is 0 Å². The van der Waals surface area contributed by atoms with Crippen LogP contribution in [0.4, 0.5) is 0 Å². The molecule has 0 aliphatic carbocycles. The first-order chi connectivity index (χ1) is 27.7. The molecular formula is C54H36N2. The lowest BCUT2D eigenvalue weighted by Crippen LogP contribution is -1.92. The van der Waals surface area contributed by atoms with Crippen molar-refractivity contribution in [3.05, 3.63) is 218 Å². The van der Waals surface area contributed by atoms with Gasteiger partial charge in [0.1, 0.15) is 0 Å². The van der Waals surface area contributed by atoms with E-state index >= 15 is 0 Å². The average molecular weight is 713 g/mol. The van der Waals surface area contributed by atoms with Crippen LogP contribution in [0.15, 0.2) is 218 Å². The topological polar surface area (TPSA) is 25.8 Å². The Kier molecular flexibility index (Phi) is 8.55. The van der Waals surface area contributed by atoms with Crippen molar-refractivity contribution < 1.29 is 0 Å². The molecule has 0 fully saturated rings. The lowest BCUT2D eigenvalue weighted by molar-refractivity contribution is 1.32. The molecule has 56 heavy (non-hydrogen) atoms. The third-order valence-corrected chi connectivity index (χ3v) is 10.7. The van der Waals surface area contributed by atoms with Crippen LogP contribution in [-0.2, 0) is 0 Å². The number of nitrogens with zero attached hydrogens (tertiary/aromatic N) is 2. The zero-order valence-corrected chi connectivity index (χ0v) is 30.7. The lowest BCUT2D eigenvalue weighted by Gasteiger charge is -2.14. The Bertz CT molecular complexity index is 2970. The highest BCUT2D eigenvalue weighted by molar-refractivity contribution is 6.14. The van der Waals surface area contributed by atoms with Gasteiger partial charge in [0.25, 0.3) is 0 Å². The van der Waals surface area contributed by atoms with Gasteiger partial charge in [-0.1, -0.05) is 182 Å². The summed E-state index contributed by atoms with van der Waals surface area (Å²) in [6, 6.07) is 77.6. The van der Waals surface area contributed by atoms with Crippen LogP contribution in [0, 0.1) is 0 Å². The standard InChI is InChI=1S/C54H36N2/c1-5-14-37(15-6-1)38-24-26-42(27-25-38)52-35-47(34-51(56-52)40-18-9-3-10-19-40)44-23-13-22-43(32-44)45-28-30-48-46(33-45)29-31-50-54(48)49(39-16-7-2-8-17-39)36-53(55-50)41-20-11-4-12-21-41/h1-36H. The van der Waals surface area contributed by atoms with Crippen molar-refractivity contribution in [1.29, 1.82) is 0 Å². The summed E-state index contributed by atoms with van der Waals surface area (Å²) in [7, 11) is 0. The molecule has 0 unspecified atom stereocenters. The Morgan fingerprint density at radius 1 is 0.250 bits per heavy atom. The Morgan fingerprint density at radius 3 is 1.32 bits per heavy atom. The Morgan fingerprint density at radius 2 is 0.696 bits per heavy atom. The van der Waals surface area contributed by atoms with Crippen molar-refractivity contribution in [3.8, 4) is 78.3 Å². The average Bonchev–Trinajstić information content (AvgIpc) is 3.29. The lowest BCUT2D eigenvalue weighted by atomic mass is 9.92. The molecule has 8 aromatic carbocycles. The fraction of sp³-hybridized carbons (Fsp3) is 0. The molecule has 0 aliphatic heterocycles. The van der Waals surface area contributed by atoms with Crippen molar-refractivity contribution in [1.82, 2.24) is 9.97 Å². The highest BCUT2D eigenvalue weighted by Gasteiger charge is 2.15. The fourth-order valence-electron chi connectivity index (χ4n) is 7.79. The summed E-state index contributed by atoms with van der Waals surface area (Å²) in [5.74, 6) is 0. The van der Waals surface area contributed by atoms with Crippen molar-refractivity contribution in [2.45, 2.75) is 0 Å². The molecule has 0 saturated heterocycles. The molecule has 2 aromatic heterocycles. The third-order valence-electron chi connectivity index (χ3n) is 10.7. The minimum Gasteiger partial charge on any atom is -0.248 e. The van der Waals surface area contributed by atoms with Crippen LogP contribution in [-0.4, -0.2) is 9.97 Å². The molecule has 10 aromatic rings. The normalized spacial score (nSPS) is 11.2. The van der Waals surface area contributed by atoms with Gasteiger partial charge in [-0.15, -0.1) is 0 Å². The first-order valence-electron chi connectivity index (χ1n) is 19.1. The van der Waals surface area contributed by atoms with Gasteiger partial charge in [0.2, 0.25) is 0 Å². The van der Waals surface area contributed by atoms with Gasteiger partial charge >= 0.3 is 0 Å². The Hall–Kier alpha value is -7.42. The summed E-state index contributed by atoms with van der Waals surface area (Å²) < 4.78 is 0. The van der Waals surface area contributed by atoms with E-state index in [-0.39, 0.29) is 0 Å². The maximum absolute atomic E-state index is 5.19. The van der Waals surface area contributed by atoms with Gasteiger partial charge in [-0.25, -0.2) is 9.97 Å². The Labute approximate surface area is 327 Å². The molecule has 0 bridgehead atoms. The molecule has 2 nitrogen and oxygen atoms in total. The van der Waals surface area contributed by atoms with Crippen LogP contribution in [0.1, 0.15) is 0 Å². The first kappa shape index (κ1) is 33.2. The fourth-order valence-corrected chi connectivity index (χ4v) is 7.79. The van der Waals surface area contributed by atoms with E-state index in [1.54, 1.807) is 0 Å². The van der Waals surface area contributed by atoms with E-state index in [4.69, 9.17) is 9.97 Å². The van der Waals surface area contributed by atoms with Crippen molar-refractivity contribution in [3.63, 3.8) is 0 Å². The second kappa shape index (κ2) is 14.4. The molecule has 0 N–H and O–H groups in total. The Balaban J connectivity index is 1.06. The van der Waals surface area contributed by atoms with Crippen LogP contribution in [0.2, 0.25) is 0 Å². The largest absolute Gasteiger partial charge is 0.248 e. The van der Waals surface area contributed by atoms with E-state index in [1.807, 2.05) is 12.1 Å². The summed E-state index contributed by atoms with van der Waals surface area (Å²) in [5.41, 5.74) is 16.5. The van der Waals surface area contributed by atoms with Crippen molar-refractivity contribution in [2.75, 3.05) is 0 Å². The van der Waals surface area contributed by atoms with Gasteiger partial charge in [0, 0.05) is 22.1 Å². The molecule has 0 radical (unpaired) electrons. The van der Waals surface area contributed by atoms with Crippen LogP contribution >= 0.6 is 0 Å². The van der Waals surface area contributed by atoms with E-state index in [9.17, 15) is 0 Å². The molecule has 2 heterocycles. The minimum absolute atomic E-state index is 0.946. The molecule has 262 valence electrons. The zero-order valence-electron chi connectivity index (χ0n) is 30.7. The number of pyridine rings is 2. The van der Waals surface area contributed by atoms with Gasteiger partial charge in [-0.05, 0) is 91.7 Å². The van der Waals surface area contributed by atoms with Gasteiger partial charge in [-0.2, -0.15) is 0 Å². The van der Waals surface area contributed by atoms with Crippen LogP contribution in [0.5, 0.6) is 0 Å².